The smallest absolute Gasteiger partial charge is 0.262 e. The fourth-order valence-electron chi connectivity index (χ4n) is 1.90. The van der Waals surface area contributed by atoms with Crippen LogP contribution in [-0.4, -0.2) is 39.3 Å². The zero-order valence-corrected chi connectivity index (χ0v) is 16.9. The van der Waals surface area contributed by atoms with E-state index in [1.807, 2.05) is 0 Å². The van der Waals surface area contributed by atoms with E-state index in [4.69, 9.17) is 39.5 Å². The van der Waals surface area contributed by atoms with Crippen LogP contribution in [0.3, 0.4) is 0 Å². The number of halogens is 3. The van der Waals surface area contributed by atoms with Crippen LogP contribution in [0.1, 0.15) is 0 Å². The number of nitrogens with one attached hydrogen (secondary N) is 1. The zero-order chi connectivity index (χ0) is 19.5. The molecule has 0 atom stereocenters. The molecule has 0 spiro atoms. The van der Waals surface area contributed by atoms with Crippen LogP contribution in [0.5, 0.6) is 5.75 Å². The molecule has 10 heteroatoms. The van der Waals surface area contributed by atoms with E-state index in [9.17, 15) is 13.2 Å². The van der Waals surface area contributed by atoms with Gasteiger partial charge in [0.2, 0.25) is 10.0 Å². The number of sulfonamides is 1. The number of hydrogen-bond donors (Lipinski definition) is 1. The van der Waals surface area contributed by atoms with Gasteiger partial charge in [0.15, 0.2) is 6.61 Å². The third-order valence-electron chi connectivity index (χ3n) is 3.27. The predicted octanol–water partition coefficient (Wildman–Crippen LogP) is 3.91. The molecule has 2 rings (SSSR count). The molecule has 0 saturated heterocycles. The van der Waals surface area contributed by atoms with Gasteiger partial charge in [-0.2, -0.15) is 0 Å². The molecule has 0 aliphatic rings. The van der Waals surface area contributed by atoms with E-state index < -0.39 is 15.9 Å². The second-order valence-corrected chi connectivity index (χ2v) is 8.66. The number of ether oxygens (including phenoxy) is 1. The van der Waals surface area contributed by atoms with Crippen molar-refractivity contribution in [3.8, 4) is 5.75 Å². The van der Waals surface area contributed by atoms with Gasteiger partial charge in [-0.15, -0.1) is 0 Å². The van der Waals surface area contributed by atoms with E-state index in [2.05, 4.69) is 5.32 Å². The summed E-state index contributed by atoms with van der Waals surface area (Å²) in [5, 5.41) is 3.17. The van der Waals surface area contributed by atoms with Crippen molar-refractivity contribution >= 4 is 56.4 Å². The van der Waals surface area contributed by atoms with Crippen LogP contribution in [0.15, 0.2) is 41.3 Å². The van der Waals surface area contributed by atoms with Gasteiger partial charge in [-0.05, 0) is 30.3 Å². The third kappa shape index (κ3) is 4.81. The number of nitrogens with zero attached hydrogens (tertiary/aromatic N) is 1. The summed E-state index contributed by atoms with van der Waals surface area (Å²) < 4.78 is 30.5. The summed E-state index contributed by atoms with van der Waals surface area (Å²) in [6, 6.07) is 8.84. The normalized spacial score (nSPS) is 11.5. The molecule has 1 amide bonds. The van der Waals surface area contributed by atoms with Crippen molar-refractivity contribution in [2.75, 3.05) is 26.0 Å². The molecular weight excluding hydrogens is 423 g/mol. The Morgan fingerprint density at radius 2 is 1.81 bits per heavy atom. The lowest BCUT2D eigenvalue weighted by Gasteiger charge is -2.13. The molecule has 2 aromatic rings. The molecule has 0 heterocycles. The van der Waals surface area contributed by atoms with Crippen LogP contribution in [0.25, 0.3) is 0 Å². The van der Waals surface area contributed by atoms with Crippen molar-refractivity contribution in [3.63, 3.8) is 0 Å². The largest absolute Gasteiger partial charge is 0.482 e. The molecule has 0 unspecified atom stereocenters. The van der Waals surface area contributed by atoms with Gasteiger partial charge < -0.3 is 10.1 Å². The van der Waals surface area contributed by atoms with Gasteiger partial charge in [-0.1, -0.05) is 40.9 Å². The molecular formula is C16H15Cl3N2O4S. The number of amides is 1. The molecule has 0 fully saturated rings. The zero-order valence-electron chi connectivity index (χ0n) is 13.8. The molecule has 0 saturated carbocycles. The third-order valence-corrected chi connectivity index (χ3v) is 6.19. The van der Waals surface area contributed by atoms with Gasteiger partial charge in [0, 0.05) is 14.1 Å². The standard InChI is InChI=1S/C16H15Cl3N2O4S/c1-21(2)26(23,24)10-6-7-14(12(18)8-10)25-9-15(22)20-13-5-3-4-11(17)16(13)19/h3-8H,9H2,1-2H3,(H,20,22). The molecule has 0 bridgehead atoms. The first-order valence-corrected chi connectivity index (χ1v) is 9.79. The summed E-state index contributed by atoms with van der Waals surface area (Å²) in [7, 11) is -0.779. The van der Waals surface area contributed by atoms with Gasteiger partial charge in [0.25, 0.3) is 5.91 Å². The quantitative estimate of drug-likeness (QED) is 0.743. The number of carbonyl (C=O) groups is 1. The van der Waals surface area contributed by atoms with Crippen molar-refractivity contribution in [1.82, 2.24) is 4.31 Å². The highest BCUT2D eigenvalue weighted by molar-refractivity contribution is 7.89. The number of carbonyl (C=O) groups excluding carboxylic acids is 1. The first-order chi connectivity index (χ1) is 12.1. The van der Waals surface area contributed by atoms with Crippen molar-refractivity contribution in [3.05, 3.63) is 51.5 Å². The van der Waals surface area contributed by atoms with Crippen LogP contribution in [0, 0.1) is 0 Å². The van der Waals surface area contributed by atoms with Crippen LogP contribution < -0.4 is 10.1 Å². The van der Waals surface area contributed by atoms with Gasteiger partial charge in [0.05, 0.1) is 25.7 Å². The Labute approximate surface area is 166 Å². The number of benzene rings is 2. The second kappa shape index (κ2) is 8.45. The molecule has 26 heavy (non-hydrogen) atoms. The Kier molecular flexibility index (Phi) is 6.76. The number of rotatable bonds is 6. The van der Waals surface area contributed by atoms with E-state index in [0.717, 1.165) is 4.31 Å². The van der Waals surface area contributed by atoms with Crippen molar-refractivity contribution < 1.29 is 17.9 Å². The molecule has 1 N–H and O–H groups in total. The van der Waals surface area contributed by atoms with Crippen molar-refractivity contribution in [2.24, 2.45) is 0 Å². The number of hydrogen-bond acceptors (Lipinski definition) is 4. The summed E-state index contributed by atoms with van der Waals surface area (Å²) in [6.45, 7) is -0.345. The van der Waals surface area contributed by atoms with E-state index in [0.29, 0.717) is 10.7 Å². The molecule has 0 aliphatic carbocycles. The van der Waals surface area contributed by atoms with Gasteiger partial charge in [-0.25, -0.2) is 12.7 Å². The average Bonchev–Trinajstić information content (AvgIpc) is 2.57. The monoisotopic (exact) mass is 436 g/mol. The molecule has 2 aromatic carbocycles. The fraction of sp³-hybridized carbons (Fsp3) is 0.188. The fourth-order valence-corrected chi connectivity index (χ4v) is 3.48. The molecule has 0 aliphatic heterocycles. The highest BCUT2D eigenvalue weighted by Gasteiger charge is 2.19. The molecule has 0 radical (unpaired) electrons. The van der Waals surface area contributed by atoms with E-state index in [1.165, 1.54) is 32.3 Å². The van der Waals surface area contributed by atoms with Gasteiger partial charge >= 0.3 is 0 Å². The molecule has 0 aromatic heterocycles. The second-order valence-electron chi connectivity index (χ2n) is 5.32. The van der Waals surface area contributed by atoms with E-state index in [-0.39, 0.29) is 27.3 Å². The van der Waals surface area contributed by atoms with Crippen molar-refractivity contribution in [1.29, 1.82) is 0 Å². The Morgan fingerprint density at radius 1 is 1.12 bits per heavy atom. The lowest BCUT2D eigenvalue weighted by Crippen LogP contribution is -2.22. The van der Waals surface area contributed by atoms with Gasteiger partial charge in [0.1, 0.15) is 5.75 Å². The lowest BCUT2D eigenvalue weighted by atomic mass is 10.3. The van der Waals surface area contributed by atoms with Crippen LogP contribution in [0.2, 0.25) is 15.1 Å². The van der Waals surface area contributed by atoms with Crippen LogP contribution in [-0.2, 0) is 14.8 Å². The topological polar surface area (TPSA) is 75.7 Å². The van der Waals surface area contributed by atoms with Crippen LogP contribution in [0.4, 0.5) is 5.69 Å². The highest BCUT2D eigenvalue weighted by Crippen LogP contribution is 2.30. The predicted molar refractivity (Wildman–Crippen MR) is 103 cm³/mol. The summed E-state index contributed by atoms with van der Waals surface area (Å²) in [4.78, 5) is 12.0. The molecule has 140 valence electrons. The maximum absolute atomic E-state index is 12.1. The summed E-state index contributed by atoms with van der Waals surface area (Å²) in [5.41, 5.74) is 0.353. The van der Waals surface area contributed by atoms with Gasteiger partial charge in [-0.3, -0.25) is 4.79 Å². The van der Waals surface area contributed by atoms with E-state index >= 15 is 0 Å². The first kappa shape index (κ1) is 20.8. The maximum Gasteiger partial charge on any atom is 0.262 e. The minimum Gasteiger partial charge on any atom is -0.482 e. The average molecular weight is 438 g/mol. The Balaban J connectivity index is 2.05. The Hall–Kier alpha value is -1.51. The minimum atomic E-state index is -3.61. The van der Waals surface area contributed by atoms with Crippen LogP contribution >= 0.6 is 34.8 Å². The maximum atomic E-state index is 12.1. The highest BCUT2D eigenvalue weighted by atomic mass is 35.5. The summed E-state index contributed by atoms with van der Waals surface area (Å²) >= 11 is 17.9. The van der Waals surface area contributed by atoms with E-state index in [1.54, 1.807) is 18.2 Å². The Bertz CT molecular complexity index is 933. The molecule has 6 nitrogen and oxygen atoms in total. The Morgan fingerprint density at radius 3 is 2.42 bits per heavy atom. The SMILES string of the molecule is CN(C)S(=O)(=O)c1ccc(OCC(=O)Nc2cccc(Cl)c2Cl)c(Cl)c1. The number of anilines is 1. The minimum absolute atomic E-state index is 0.0232. The van der Waals surface area contributed by atoms with Crippen molar-refractivity contribution in [2.45, 2.75) is 4.90 Å². The first-order valence-electron chi connectivity index (χ1n) is 7.21. The lowest BCUT2D eigenvalue weighted by molar-refractivity contribution is -0.118. The summed E-state index contributed by atoms with van der Waals surface area (Å²) in [5.74, 6) is -0.299. The summed E-state index contributed by atoms with van der Waals surface area (Å²) in [6.07, 6.45) is 0.